The van der Waals surface area contributed by atoms with Gasteiger partial charge < -0.3 is 10.2 Å². The van der Waals surface area contributed by atoms with E-state index in [0.29, 0.717) is 5.92 Å². The maximum Gasteiger partial charge on any atom is 0.227 e. The second-order valence-electron chi connectivity index (χ2n) is 6.52. The highest BCUT2D eigenvalue weighted by atomic mass is 32.1. The summed E-state index contributed by atoms with van der Waals surface area (Å²) in [4.78, 5) is 13.3. The molecule has 1 aromatic carbocycles. The highest BCUT2D eigenvalue weighted by Crippen LogP contribution is 2.27. The first-order valence-electron chi connectivity index (χ1n) is 8.57. The van der Waals surface area contributed by atoms with Gasteiger partial charge in [0.15, 0.2) is 0 Å². The molecule has 124 valence electrons. The van der Waals surface area contributed by atoms with Crippen LogP contribution in [-0.2, 0) is 6.54 Å². The van der Waals surface area contributed by atoms with Crippen LogP contribution in [0.5, 0.6) is 0 Å². The standard InChI is InChI=1S/C19H22N4S/c1-14-6-4-10-23(13-14)19-21-17-9-3-2-8-16(17)18(22-19)20-12-15-7-5-11-24-15/h2-3,5,7-9,11,14H,4,6,10,12-13H2,1H3,(H,20,21,22). The van der Waals surface area contributed by atoms with E-state index >= 15 is 0 Å². The third-order valence-corrected chi connectivity index (χ3v) is 5.42. The van der Waals surface area contributed by atoms with Crippen LogP contribution < -0.4 is 10.2 Å². The third-order valence-electron chi connectivity index (χ3n) is 4.54. The molecule has 1 atom stereocenters. The van der Waals surface area contributed by atoms with Gasteiger partial charge in [-0.05, 0) is 42.3 Å². The third kappa shape index (κ3) is 3.22. The van der Waals surface area contributed by atoms with Crippen LogP contribution in [0.4, 0.5) is 11.8 Å². The van der Waals surface area contributed by atoms with Gasteiger partial charge in [-0.1, -0.05) is 25.1 Å². The van der Waals surface area contributed by atoms with E-state index in [1.807, 2.05) is 12.1 Å². The van der Waals surface area contributed by atoms with E-state index in [1.54, 1.807) is 11.3 Å². The number of thiophene rings is 1. The van der Waals surface area contributed by atoms with Crippen LogP contribution in [0.2, 0.25) is 0 Å². The fourth-order valence-corrected chi connectivity index (χ4v) is 3.94. The topological polar surface area (TPSA) is 41.1 Å². The zero-order valence-corrected chi connectivity index (χ0v) is 14.7. The second kappa shape index (κ2) is 6.77. The first-order valence-corrected chi connectivity index (χ1v) is 9.45. The molecule has 1 saturated heterocycles. The van der Waals surface area contributed by atoms with Crippen molar-refractivity contribution in [1.29, 1.82) is 0 Å². The Labute approximate surface area is 146 Å². The van der Waals surface area contributed by atoms with Crippen molar-refractivity contribution in [3.05, 3.63) is 46.7 Å². The SMILES string of the molecule is CC1CCCN(c2nc(NCc3cccs3)c3ccccc3n2)C1. The zero-order valence-electron chi connectivity index (χ0n) is 13.9. The number of benzene rings is 1. The largest absolute Gasteiger partial charge is 0.364 e. The average molecular weight is 338 g/mol. The summed E-state index contributed by atoms with van der Waals surface area (Å²) in [6.07, 6.45) is 2.52. The number of nitrogens with zero attached hydrogens (tertiary/aromatic N) is 3. The van der Waals surface area contributed by atoms with E-state index in [4.69, 9.17) is 9.97 Å². The summed E-state index contributed by atoms with van der Waals surface area (Å²) in [5, 5.41) is 6.71. The number of nitrogens with one attached hydrogen (secondary N) is 1. The number of rotatable bonds is 4. The molecule has 4 nitrogen and oxygen atoms in total. The highest BCUT2D eigenvalue weighted by Gasteiger charge is 2.20. The number of para-hydroxylation sites is 1. The Hall–Kier alpha value is -2.14. The summed E-state index contributed by atoms with van der Waals surface area (Å²) in [5.74, 6) is 2.49. The number of hydrogen-bond donors (Lipinski definition) is 1. The fraction of sp³-hybridized carbons (Fsp3) is 0.368. The van der Waals surface area contributed by atoms with Crippen molar-refractivity contribution in [2.24, 2.45) is 5.92 Å². The van der Waals surface area contributed by atoms with Crippen molar-refractivity contribution in [2.75, 3.05) is 23.3 Å². The Bertz CT molecular complexity index is 815. The molecule has 1 fully saturated rings. The van der Waals surface area contributed by atoms with Crippen LogP contribution >= 0.6 is 11.3 Å². The van der Waals surface area contributed by atoms with Crippen molar-refractivity contribution in [3.63, 3.8) is 0 Å². The highest BCUT2D eigenvalue weighted by molar-refractivity contribution is 7.09. The van der Waals surface area contributed by atoms with Gasteiger partial charge in [0.25, 0.3) is 0 Å². The van der Waals surface area contributed by atoms with E-state index < -0.39 is 0 Å². The summed E-state index contributed by atoms with van der Waals surface area (Å²) in [7, 11) is 0. The summed E-state index contributed by atoms with van der Waals surface area (Å²) in [6, 6.07) is 12.5. The van der Waals surface area contributed by atoms with Crippen LogP contribution in [0.1, 0.15) is 24.6 Å². The maximum atomic E-state index is 4.87. The first kappa shape index (κ1) is 15.4. The van der Waals surface area contributed by atoms with Crippen LogP contribution in [0.15, 0.2) is 41.8 Å². The quantitative estimate of drug-likeness (QED) is 0.758. The van der Waals surface area contributed by atoms with Crippen molar-refractivity contribution in [3.8, 4) is 0 Å². The molecule has 24 heavy (non-hydrogen) atoms. The molecule has 1 unspecified atom stereocenters. The molecule has 1 aliphatic rings. The molecule has 0 saturated carbocycles. The van der Waals surface area contributed by atoms with E-state index in [9.17, 15) is 0 Å². The Kier molecular flexibility index (Phi) is 4.34. The Morgan fingerprint density at radius 2 is 2.12 bits per heavy atom. The van der Waals surface area contributed by atoms with E-state index in [2.05, 4.69) is 46.8 Å². The number of fused-ring (bicyclic) bond motifs is 1. The number of anilines is 2. The smallest absolute Gasteiger partial charge is 0.227 e. The summed E-state index contributed by atoms with van der Waals surface area (Å²) in [6.45, 7) is 5.20. The van der Waals surface area contributed by atoms with Crippen molar-refractivity contribution >= 4 is 34.0 Å². The molecular formula is C19H22N4S. The predicted octanol–water partition coefficient (Wildman–Crippen LogP) is 4.54. The van der Waals surface area contributed by atoms with Crippen molar-refractivity contribution in [1.82, 2.24) is 9.97 Å². The van der Waals surface area contributed by atoms with E-state index in [1.165, 1.54) is 17.7 Å². The molecule has 3 aromatic rings. The van der Waals surface area contributed by atoms with Crippen LogP contribution in [0.25, 0.3) is 10.9 Å². The maximum absolute atomic E-state index is 4.87. The average Bonchev–Trinajstić information content (AvgIpc) is 3.13. The lowest BCUT2D eigenvalue weighted by Gasteiger charge is -2.31. The molecule has 3 heterocycles. The van der Waals surface area contributed by atoms with E-state index in [0.717, 1.165) is 42.3 Å². The van der Waals surface area contributed by atoms with E-state index in [-0.39, 0.29) is 0 Å². The van der Waals surface area contributed by atoms with Gasteiger partial charge in [0.1, 0.15) is 5.82 Å². The first-order chi connectivity index (χ1) is 11.8. The lowest BCUT2D eigenvalue weighted by Crippen LogP contribution is -2.35. The summed E-state index contributed by atoms with van der Waals surface area (Å²) in [5.41, 5.74) is 1.01. The van der Waals surface area contributed by atoms with Gasteiger partial charge in [-0.15, -0.1) is 11.3 Å². The minimum Gasteiger partial charge on any atom is -0.364 e. The molecule has 0 radical (unpaired) electrons. The van der Waals surface area contributed by atoms with Gasteiger partial charge in [0.2, 0.25) is 5.95 Å². The minimum absolute atomic E-state index is 0.705. The predicted molar refractivity (Wildman–Crippen MR) is 102 cm³/mol. The molecule has 0 spiro atoms. The molecule has 5 heteroatoms. The molecular weight excluding hydrogens is 316 g/mol. The van der Waals surface area contributed by atoms with Crippen LogP contribution in [0, 0.1) is 5.92 Å². The zero-order chi connectivity index (χ0) is 16.4. The Balaban J connectivity index is 1.67. The van der Waals surface area contributed by atoms with Crippen molar-refractivity contribution < 1.29 is 0 Å². The monoisotopic (exact) mass is 338 g/mol. The Morgan fingerprint density at radius 3 is 2.96 bits per heavy atom. The number of piperidine rings is 1. The van der Waals surface area contributed by atoms with Crippen LogP contribution in [-0.4, -0.2) is 23.1 Å². The van der Waals surface area contributed by atoms with Gasteiger partial charge in [-0.3, -0.25) is 0 Å². The molecule has 0 bridgehead atoms. The molecule has 2 aromatic heterocycles. The lowest BCUT2D eigenvalue weighted by molar-refractivity contribution is 0.442. The molecule has 4 rings (SSSR count). The molecule has 1 aliphatic heterocycles. The summed E-state index contributed by atoms with van der Waals surface area (Å²) >= 11 is 1.76. The van der Waals surface area contributed by atoms with Crippen LogP contribution in [0.3, 0.4) is 0 Å². The number of hydrogen-bond acceptors (Lipinski definition) is 5. The minimum atomic E-state index is 0.705. The lowest BCUT2D eigenvalue weighted by atomic mass is 10.0. The molecule has 0 amide bonds. The van der Waals surface area contributed by atoms with Crippen molar-refractivity contribution in [2.45, 2.75) is 26.3 Å². The molecule has 1 N–H and O–H groups in total. The number of aromatic nitrogens is 2. The second-order valence-corrected chi connectivity index (χ2v) is 7.55. The van der Waals surface area contributed by atoms with Gasteiger partial charge in [0.05, 0.1) is 12.1 Å². The van der Waals surface area contributed by atoms with Gasteiger partial charge in [-0.2, -0.15) is 4.98 Å². The van der Waals surface area contributed by atoms with Gasteiger partial charge in [0, 0.05) is 23.4 Å². The fourth-order valence-electron chi connectivity index (χ4n) is 3.30. The Morgan fingerprint density at radius 1 is 1.21 bits per heavy atom. The molecule has 0 aliphatic carbocycles. The van der Waals surface area contributed by atoms with Gasteiger partial charge in [-0.25, -0.2) is 4.98 Å². The summed E-state index contributed by atoms with van der Waals surface area (Å²) < 4.78 is 0. The van der Waals surface area contributed by atoms with Gasteiger partial charge >= 0.3 is 0 Å². The normalized spacial score (nSPS) is 18.0.